The Morgan fingerprint density at radius 2 is 1.61 bits per heavy atom. The summed E-state index contributed by atoms with van der Waals surface area (Å²) in [7, 11) is 0. The summed E-state index contributed by atoms with van der Waals surface area (Å²) in [5.41, 5.74) is 8.11. The van der Waals surface area contributed by atoms with Crippen molar-refractivity contribution in [3.8, 4) is 0 Å². The number of aryl methyl sites for hydroxylation is 1. The Morgan fingerprint density at radius 1 is 1.02 bits per heavy atom. The van der Waals surface area contributed by atoms with Crippen LogP contribution in [0.5, 0.6) is 0 Å². The van der Waals surface area contributed by atoms with Gasteiger partial charge in [-0.3, -0.25) is 9.59 Å². The van der Waals surface area contributed by atoms with Crippen molar-refractivity contribution in [2.24, 2.45) is 17.3 Å². The summed E-state index contributed by atoms with van der Waals surface area (Å²) in [6.45, 7) is 35.1. The average molecular weight is 633 g/mol. The van der Waals surface area contributed by atoms with Gasteiger partial charge in [-0.1, -0.05) is 82.6 Å². The van der Waals surface area contributed by atoms with Gasteiger partial charge in [-0.05, 0) is 152 Å². The molecule has 0 heterocycles. The fraction of sp³-hybridized carbons (Fsp3) is 0.628. The summed E-state index contributed by atoms with van der Waals surface area (Å²) in [5.74, 6) is 1.34. The molecule has 258 valence electrons. The Hall–Kier alpha value is -2.52. The molecule has 0 saturated carbocycles. The number of carbonyl (C=O) groups excluding carboxylic acids is 2. The normalized spacial score (nSPS) is 21.8. The summed E-state index contributed by atoms with van der Waals surface area (Å²) in [6, 6.07) is 4.41. The van der Waals surface area contributed by atoms with E-state index in [9.17, 15) is 14.7 Å². The summed E-state index contributed by atoms with van der Waals surface area (Å²) >= 11 is 0. The van der Waals surface area contributed by atoms with Crippen LogP contribution in [0, 0.1) is 24.2 Å². The van der Waals surface area contributed by atoms with Crippen LogP contribution < -0.4 is 0 Å². The molecule has 1 aromatic carbocycles. The molecule has 0 saturated heterocycles. The van der Waals surface area contributed by atoms with Gasteiger partial charge in [0.15, 0.2) is 11.6 Å². The predicted octanol–water partition coefficient (Wildman–Crippen LogP) is 11.8. The van der Waals surface area contributed by atoms with Gasteiger partial charge in [-0.15, -0.1) is 6.58 Å². The number of rotatable bonds is 8. The smallest absolute Gasteiger partial charge is 0.164 e. The van der Waals surface area contributed by atoms with E-state index in [-0.39, 0.29) is 22.4 Å². The monoisotopic (exact) mass is 633 g/mol. The van der Waals surface area contributed by atoms with Gasteiger partial charge in [0.2, 0.25) is 0 Å². The van der Waals surface area contributed by atoms with Crippen LogP contribution in [0.3, 0.4) is 0 Å². The number of aliphatic hydroxyl groups is 1. The molecule has 3 unspecified atom stereocenters. The minimum Gasteiger partial charge on any atom is -0.389 e. The lowest BCUT2D eigenvalue weighted by Crippen LogP contribution is -2.40. The third-order valence-electron chi connectivity index (χ3n) is 10.6. The Morgan fingerprint density at radius 3 is 2.07 bits per heavy atom. The molecule has 1 aromatic rings. The van der Waals surface area contributed by atoms with Gasteiger partial charge in [0.25, 0.3) is 0 Å². The maximum absolute atomic E-state index is 11.8. The van der Waals surface area contributed by atoms with E-state index in [0.29, 0.717) is 11.8 Å². The van der Waals surface area contributed by atoms with Crippen LogP contribution in [0.2, 0.25) is 0 Å². The van der Waals surface area contributed by atoms with Crippen molar-refractivity contribution < 1.29 is 14.7 Å². The van der Waals surface area contributed by atoms with Crippen molar-refractivity contribution in [3.63, 3.8) is 0 Å². The molecule has 3 rings (SSSR count). The number of carbonyl (C=O) groups is 2. The van der Waals surface area contributed by atoms with Crippen molar-refractivity contribution in [1.82, 2.24) is 0 Å². The van der Waals surface area contributed by atoms with E-state index in [1.54, 1.807) is 19.1 Å². The van der Waals surface area contributed by atoms with E-state index in [2.05, 4.69) is 100 Å². The summed E-state index contributed by atoms with van der Waals surface area (Å²) < 4.78 is 0. The minimum absolute atomic E-state index is 0.118. The van der Waals surface area contributed by atoms with Gasteiger partial charge in [0, 0.05) is 11.0 Å². The molecule has 46 heavy (non-hydrogen) atoms. The number of allylic oxidation sites excluding steroid dienone is 6. The molecule has 0 amide bonds. The summed E-state index contributed by atoms with van der Waals surface area (Å²) in [6.07, 6.45) is 14.0. The molecule has 2 aliphatic rings. The Balaban J connectivity index is 0.000000359. The van der Waals surface area contributed by atoms with Crippen molar-refractivity contribution in [2.45, 2.75) is 159 Å². The van der Waals surface area contributed by atoms with E-state index in [4.69, 9.17) is 0 Å². The second-order valence-corrected chi connectivity index (χ2v) is 16.6. The first-order valence-electron chi connectivity index (χ1n) is 17.4. The number of Topliss-reactive ketones (excluding diaryl/α,β-unsaturated/α-hetero) is 1. The second-order valence-electron chi connectivity index (χ2n) is 16.6. The van der Waals surface area contributed by atoms with Crippen LogP contribution >= 0.6 is 0 Å². The van der Waals surface area contributed by atoms with Gasteiger partial charge in [0.1, 0.15) is 0 Å². The van der Waals surface area contributed by atoms with Crippen LogP contribution in [0.1, 0.15) is 163 Å². The zero-order valence-corrected chi connectivity index (χ0v) is 32.3. The van der Waals surface area contributed by atoms with E-state index in [1.807, 2.05) is 27.7 Å². The molecule has 0 aromatic heterocycles. The minimum atomic E-state index is -0.449. The Kier molecular flexibility index (Phi) is 14.9. The standard InChI is InChI=1S/C18H26O.C15H26O.C10H16O/c1-11-8-16-15(9-14(11)13(3)19)17(4,5)10-12(2)18(16,6)7;1-12(2)6-5-7-14(4)15(16)10-8-13(3)9-11-15;1-6-10(4,5)9(11)7-8(2)3/h8-9,12H,10H2,1-7H3;6,8,14,16H,5,7,9-11H2,1-4H3;6-7H,1H2,2-5H3. The highest BCUT2D eigenvalue weighted by Crippen LogP contribution is 2.49. The molecule has 3 atom stereocenters. The lowest BCUT2D eigenvalue weighted by atomic mass is 9.58. The largest absolute Gasteiger partial charge is 0.389 e. The predicted molar refractivity (Wildman–Crippen MR) is 200 cm³/mol. The highest BCUT2D eigenvalue weighted by molar-refractivity contribution is 5.96. The van der Waals surface area contributed by atoms with Gasteiger partial charge in [-0.2, -0.15) is 0 Å². The lowest BCUT2D eigenvalue weighted by molar-refractivity contribution is -0.120. The van der Waals surface area contributed by atoms with Crippen molar-refractivity contribution in [2.75, 3.05) is 0 Å². The Labute approximate surface area is 283 Å². The molecule has 0 radical (unpaired) electrons. The lowest BCUT2D eigenvalue weighted by Gasteiger charge is -2.47. The molecular weight excluding hydrogens is 564 g/mol. The molecule has 3 nitrogen and oxygen atoms in total. The highest BCUT2D eigenvalue weighted by Gasteiger charge is 2.42. The first-order chi connectivity index (χ1) is 20.9. The Bertz CT molecular complexity index is 1320. The first kappa shape index (κ1) is 41.5. The molecule has 1 N–H and O–H groups in total. The van der Waals surface area contributed by atoms with Crippen LogP contribution in [-0.2, 0) is 15.6 Å². The third-order valence-corrected chi connectivity index (χ3v) is 10.6. The van der Waals surface area contributed by atoms with Gasteiger partial charge < -0.3 is 5.11 Å². The van der Waals surface area contributed by atoms with Gasteiger partial charge in [-0.25, -0.2) is 0 Å². The van der Waals surface area contributed by atoms with Crippen LogP contribution in [-0.4, -0.2) is 22.3 Å². The average Bonchev–Trinajstić information content (AvgIpc) is 2.93. The SMILES string of the molecule is C=CC(C)(C)C(=O)C=C(C)C.CC(=O)c1cc2c(cc1C)C(C)(C)C(C)CC2(C)C.CC(C)=CCCC(C)C1(O)CC=C(C)CC1. The van der Waals surface area contributed by atoms with Gasteiger partial charge >= 0.3 is 0 Å². The zero-order chi connectivity index (χ0) is 35.8. The number of fused-ring (bicyclic) bond motifs is 1. The number of hydrogen-bond acceptors (Lipinski definition) is 3. The van der Waals surface area contributed by atoms with Crippen molar-refractivity contribution in [1.29, 1.82) is 0 Å². The molecule has 0 aliphatic heterocycles. The molecule has 0 bridgehead atoms. The van der Waals surface area contributed by atoms with E-state index >= 15 is 0 Å². The van der Waals surface area contributed by atoms with Crippen LogP contribution in [0.15, 0.2) is 59.7 Å². The summed E-state index contributed by atoms with van der Waals surface area (Å²) in [4.78, 5) is 23.1. The van der Waals surface area contributed by atoms with Crippen molar-refractivity contribution >= 4 is 11.6 Å². The van der Waals surface area contributed by atoms with E-state index in [0.717, 1.165) is 48.8 Å². The summed E-state index contributed by atoms with van der Waals surface area (Å²) in [5, 5.41) is 10.6. The van der Waals surface area contributed by atoms with Crippen molar-refractivity contribution in [3.05, 3.63) is 82.0 Å². The number of benzene rings is 1. The third kappa shape index (κ3) is 11.3. The zero-order valence-electron chi connectivity index (χ0n) is 32.3. The van der Waals surface area contributed by atoms with Gasteiger partial charge in [0.05, 0.1) is 5.60 Å². The maximum atomic E-state index is 11.8. The molecule has 0 fully saturated rings. The number of hydrogen-bond donors (Lipinski definition) is 1. The van der Waals surface area contributed by atoms with E-state index in [1.165, 1.54) is 28.7 Å². The topological polar surface area (TPSA) is 54.4 Å². The van der Waals surface area contributed by atoms with Crippen LogP contribution in [0.4, 0.5) is 0 Å². The first-order valence-corrected chi connectivity index (χ1v) is 17.4. The molecule has 0 spiro atoms. The molecular formula is C43H68O3. The van der Waals surface area contributed by atoms with Crippen LogP contribution in [0.25, 0.3) is 0 Å². The number of ketones is 2. The highest BCUT2D eigenvalue weighted by atomic mass is 16.3. The second kappa shape index (κ2) is 16.5. The quantitative estimate of drug-likeness (QED) is 0.176. The fourth-order valence-electron chi connectivity index (χ4n) is 6.43. The fourth-order valence-corrected chi connectivity index (χ4v) is 6.43. The molecule has 3 heteroatoms. The maximum Gasteiger partial charge on any atom is 0.164 e. The molecule has 2 aliphatic carbocycles. The van der Waals surface area contributed by atoms with E-state index < -0.39 is 11.0 Å².